The quantitative estimate of drug-likeness (QED) is 0.592. The van der Waals surface area contributed by atoms with Gasteiger partial charge in [-0.05, 0) is 63.6 Å². The fraction of sp³-hybridized carbons (Fsp3) is 0.750. The number of rotatable bonds is 7. The van der Waals surface area contributed by atoms with E-state index in [9.17, 15) is 9.90 Å². The predicted molar refractivity (Wildman–Crippen MR) is 133 cm³/mol. The van der Waals surface area contributed by atoms with Crippen LogP contribution in [0.4, 0.5) is 4.79 Å². The van der Waals surface area contributed by atoms with E-state index in [0.717, 1.165) is 31.0 Å². The van der Waals surface area contributed by atoms with Gasteiger partial charge in [-0.25, -0.2) is 4.79 Å². The van der Waals surface area contributed by atoms with Crippen molar-refractivity contribution in [1.82, 2.24) is 9.80 Å². The molecule has 6 nitrogen and oxygen atoms in total. The summed E-state index contributed by atoms with van der Waals surface area (Å²) in [4.78, 5) is 17.6. The molecule has 3 atom stereocenters. The van der Waals surface area contributed by atoms with Gasteiger partial charge in [0.15, 0.2) is 0 Å². The van der Waals surface area contributed by atoms with Gasteiger partial charge in [0, 0.05) is 6.54 Å². The van der Waals surface area contributed by atoms with E-state index in [4.69, 9.17) is 9.47 Å². The Morgan fingerprint density at radius 1 is 1.12 bits per heavy atom. The Hall–Kier alpha value is -1.63. The van der Waals surface area contributed by atoms with Crippen molar-refractivity contribution in [2.45, 2.75) is 103 Å². The smallest absolute Gasteiger partial charge is 0.412 e. The first-order chi connectivity index (χ1) is 16.3. The van der Waals surface area contributed by atoms with E-state index in [1.807, 2.05) is 44.2 Å². The Labute approximate surface area is 205 Å². The van der Waals surface area contributed by atoms with E-state index in [0.29, 0.717) is 12.5 Å². The maximum absolute atomic E-state index is 13.4. The van der Waals surface area contributed by atoms with Crippen LogP contribution in [-0.2, 0) is 16.1 Å². The van der Waals surface area contributed by atoms with Gasteiger partial charge in [0.1, 0.15) is 18.4 Å². The molecule has 3 aliphatic rings. The highest BCUT2D eigenvalue weighted by Gasteiger charge is 2.53. The van der Waals surface area contributed by atoms with Crippen LogP contribution in [0.15, 0.2) is 30.3 Å². The van der Waals surface area contributed by atoms with E-state index < -0.39 is 17.9 Å². The third kappa shape index (κ3) is 6.32. The molecule has 1 N–H and O–H groups in total. The highest BCUT2D eigenvalue weighted by molar-refractivity contribution is 5.69. The van der Waals surface area contributed by atoms with Crippen molar-refractivity contribution in [2.75, 3.05) is 19.6 Å². The third-order valence-electron chi connectivity index (χ3n) is 8.12. The molecule has 0 aromatic heterocycles. The average molecular weight is 473 g/mol. The molecule has 34 heavy (non-hydrogen) atoms. The molecule has 2 unspecified atom stereocenters. The summed E-state index contributed by atoms with van der Waals surface area (Å²) in [6.07, 6.45) is 8.00. The first-order valence-electron chi connectivity index (χ1n) is 13.4. The Kier molecular flexibility index (Phi) is 8.54. The summed E-state index contributed by atoms with van der Waals surface area (Å²) in [6.45, 7) is 9.04. The average Bonchev–Trinajstić information content (AvgIpc) is 3.10. The molecule has 6 heteroatoms. The fourth-order valence-corrected chi connectivity index (χ4v) is 6.11. The summed E-state index contributed by atoms with van der Waals surface area (Å²) in [7, 11) is 0. The van der Waals surface area contributed by atoms with Crippen molar-refractivity contribution in [3.05, 3.63) is 35.9 Å². The van der Waals surface area contributed by atoms with E-state index in [2.05, 4.69) is 11.8 Å². The Balaban J connectivity index is 1.48. The maximum Gasteiger partial charge on any atom is 0.412 e. The standard InChI is InChI=1S/C28H44N2O4/c1-21-14-16-29(17-15-21)19-25(31)26-24(18-22-10-6-4-7-11-22)30(28(2,3)34-26)27(32)33-20-23-12-8-5-9-13-23/h5,8-9,12-13,21-22,24-26,31H,4,6-7,10-11,14-20H2,1-3H3/t24-,25?,26?/m0/s1. The largest absolute Gasteiger partial charge is 0.444 e. The molecule has 1 aromatic carbocycles. The highest BCUT2D eigenvalue weighted by Crippen LogP contribution is 2.40. The second-order valence-corrected chi connectivity index (χ2v) is 11.3. The van der Waals surface area contributed by atoms with Crippen LogP contribution in [0.2, 0.25) is 0 Å². The molecule has 190 valence electrons. The number of β-amino-alcohol motifs (C(OH)–C–C–N with tert-alkyl or cyclic N) is 1. The van der Waals surface area contributed by atoms with Gasteiger partial charge < -0.3 is 19.5 Å². The number of ether oxygens (including phenoxy) is 2. The number of amides is 1. The molecule has 2 heterocycles. The molecule has 0 radical (unpaired) electrons. The van der Waals surface area contributed by atoms with Crippen molar-refractivity contribution in [1.29, 1.82) is 0 Å². The fourth-order valence-electron chi connectivity index (χ4n) is 6.11. The number of hydrogen-bond acceptors (Lipinski definition) is 5. The zero-order valence-electron chi connectivity index (χ0n) is 21.3. The summed E-state index contributed by atoms with van der Waals surface area (Å²) in [6, 6.07) is 9.60. The van der Waals surface area contributed by atoms with Crippen LogP contribution in [0.25, 0.3) is 0 Å². The van der Waals surface area contributed by atoms with Gasteiger partial charge in [0.05, 0.1) is 12.1 Å². The van der Waals surface area contributed by atoms with Crippen LogP contribution in [0.1, 0.15) is 77.7 Å². The van der Waals surface area contributed by atoms with Crippen LogP contribution in [-0.4, -0.2) is 64.6 Å². The van der Waals surface area contributed by atoms with Crippen molar-refractivity contribution in [3.8, 4) is 0 Å². The van der Waals surface area contributed by atoms with Crippen LogP contribution in [0.5, 0.6) is 0 Å². The zero-order valence-corrected chi connectivity index (χ0v) is 21.3. The summed E-state index contributed by atoms with van der Waals surface area (Å²) >= 11 is 0. The first kappa shape index (κ1) is 25.5. The lowest BCUT2D eigenvalue weighted by atomic mass is 9.82. The zero-order chi connectivity index (χ0) is 24.1. The Morgan fingerprint density at radius 3 is 2.47 bits per heavy atom. The normalized spacial score (nSPS) is 27.6. The number of benzene rings is 1. The summed E-state index contributed by atoms with van der Waals surface area (Å²) < 4.78 is 12.2. The van der Waals surface area contributed by atoms with E-state index in [1.54, 1.807) is 4.90 Å². The molecule has 1 aliphatic carbocycles. The van der Waals surface area contributed by atoms with Gasteiger partial charge in [-0.15, -0.1) is 0 Å². The molecule has 0 spiro atoms. The van der Waals surface area contributed by atoms with Crippen LogP contribution >= 0.6 is 0 Å². The van der Waals surface area contributed by atoms with Crippen LogP contribution < -0.4 is 0 Å². The number of aliphatic hydroxyl groups excluding tert-OH is 1. The molecule has 2 aliphatic heterocycles. The lowest BCUT2D eigenvalue weighted by molar-refractivity contribution is -0.105. The van der Waals surface area contributed by atoms with Gasteiger partial charge in [0.2, 0.25) is 0 Å². The van der Waals surface area contributed by atoms with Gasteiger partial charge in [-0.2, -0.15) is 0 Å². The topological polar surface area (TPSA) is 62.2 Å². The second kappa shape index (κ2) is 11.4. The third-order valence-corrected chi connectivity index (χ3v) is 8.12. The summed E-state index contributed by atoms with van der Waals surface area (Å²) in [5, 5.41) is 11.4. The molecule has 0 bridgehead atoms. The van der Waals surface area contributed by atoms with E-state index in [-0.39, 0.29) is 18.7 Å². The number of likely N-dealkylation sites (tertiary alicyclic amines) is 1. The van der Waals surface area contributed by atoms with E-state index >= 15 is 0 Å². The minimum atomic E-state index is -0.824. The second-order valence-electron chi connectivity index (χ2n) is 11.3. The molecule has 1 amide bonds. The number of carbonyl (C=O) groups is 1. The molecular formula is C28H44N2O4. The monoisotopic (exact) mass is 472 g/mol. The minimum absolute atomic E-state index is 0.180. The Bertz CT molecular complexity index is 772. The number of nitrogens with zero attached hydrogens (tertiary/aromatic N) is 2. The number of hydrogen-bond donors (Lipinski definition) is 1. The van der Waals surface area contributed by atoms with Gasteiger partial charge in [-0.3, -0.25) is 4.90 Å². The van der Waals surface area contributed by atoms with E-state index in [1.165, 1.54) is 44.9 Å². The van der Waals surface area contributed by atoms with Crippen molar-refractivity contribution in [2.24, 2.45) is 11.8 Å². The highest BCUT2D eigenvalue weighted by atomic mass is 16.6. The lowest BCUT2D eigenvalue weighted by Gasteiger charge is -2.36. The molecule has 4 rings (SSSR count). The van der Waals surface area contributed by atoms with Crippen molar-refractivity contribution in [3.63, 3.8) is 0 Å². The minimum Gasteiger partial charge on any atom is -0.444 e. The summed E-state index contributed by atoms with van der Waals surface area (Å²) in [5.74, 6) is 1.31. The molecule has 1 saturated carbocycles. The summed E-state index contributed by atoms with van der Waals surface area (Å²) in [5.41, 5.74) is 0.142. The lowest BCUT2D eigenvalue weighted by Crippen LogP contribution is -2.51. The molecular weight excluding hydrogens is 428 g/mol. The van der Waals surface area contributed by atoms with Crippen LogP contribution in [0.3, 0.4) is 0 Å². The van der Waals surface area contributed by atoms with Gasteiger partial charge in [0.25, 0.3) is 0 Å². The molecule has 1 aromatic rings. The predicted octanol–water partition coefficient (Wildman–Crippen LogP) is 5.19. The molecule has 3 fully saturated rings. The van der Waals surface area contributed by atoms with Crippen molar-refractivity contribution < 1.29 is 19.4 Å². The van der Waals surface area contributed by atoms with Crippen molar-refractivity contribution >= 4 is 6.09 Å². The maximum atomic E-state index is 13.4. The SMILES string of the molecule is CC1CCN(CC(O)C2OC(C)(C)N(C(=O)OCc3ccccc3)[C@H]2CC2CCCCC2)CC1. The van der Waals surface area contributed by atoms with Gasteiger partial charge in [-0.1, -0.05) is 69.4 Å². The Morgan fingerprint density at radius 2 is 1.79 bits per heavy atom. The van der Waals surface area contributed by atoms with Gasteiger partial charge >= 0.3 is 6.09 Å². The molecule has 2 saturated heterocycles. The van der Waals surface area contributed by atoms with Crippen LogP contribution in [0, 0.1) is 11.8 Å². The first-order valence-corrected chi connectivity index (χ1v) is 13.4. The number of carbonyl (C=O) groups excluding carboxylic acids is 1. The number of piperidine rings is 1. The number of aliphatic hydroxyl groups is 1.